The van der Waals surface area contributed by atoms with Gasteiger partial charge in [-0.1, -0.05) is 43.6 Å². The number of benzene rings is 2. The van der Waals surface area contributed by atoms with Crippen molar-refractivity contribution in [2.45, 2.75) is 26.9 Å². The van der Waals surface area contributed by atoms with E-state index < -0.39 is 5.97 Å². The largest absolute Gasteiger partial charge is 0.478 e. The summed E-state index contributed by atoms with van der Waals surface area (Å²) in [7, 11) is 0. The summed E-state index contributed by atoms with van der Waals surface area (Å²) in [6, 6.07) is 12.7. The lowest BCUT2D eigenvalue weighted by Crippen LogP contribution is -2.28. The van der Waals surface area contributed by atoms with Gasteiger partial charge in [0.2, 0.25) is 0 Å². The van der Waals surface area contributed by atoms with E-state index in [0.29, 0.717) is 22.5 Å². The average Bonchev–Trinajstić information content (AvgIpc) is 2.68. The number of halogens is 2. The van der Waals surface area contributed by atoms with Crippen LogP contribution in [0.4, 0.5) is 0 Å². The fourth-order valence-electron chi connectivity index (χ4n) is 3.49. The Morgan fingerprint density at radius 3 is 2.40 bits per heavy atom. The van der Waals surface area contributed by atoms with Crippen molar-refractivity contribution in [3.05, 3.63) is 75.2 Å². The molecule has 7 heteroatoms. The molecule has 3 N–H and O–H groups in total. The predicted octanol–water partition coefficient (Wildman–Crippen LogP) is 4.96. The lowest BCUT2D eigenvalue weighted by molar-refractivity contribution is -0.131. The van der Waals surface area contributed by atoms with Crippen LogP contribution in [0.25, 0.3) is 28.0 Å². The number of nitrogens with zero attached hydrogens (tertiary/aromatic N) is 1. The van der Waals surface area contributed by atoms with Crippen LogP contribution >= 0.6 is 24.0 Å². The molecule has 2 aromatic carbocycles. The fourth-order valence-corrected chi connectivity index (χ4v) is 3.62. The zero-order chi connectivity index (χ0) is 21.1. The Kier molecular flexibility index (Phi) is 7.84. The van der Waals surface area contributed by atoms with Crippen LogP contribution in [-0.2, 0) is 17.9 Å². The highest BCUT2D eigenvalue weighted by Gasteiger charge is 2.18. The molecule has 0 atom stereocenters. The second-order valence-corrected chi connectivity index (χ2v) is 7.76. The minimum Gasteiger partial charge on any atom is -0.478 e. The molecule has 0 aliphatic carbocycles. The molecule has 1 heterocycles. The predicted molar refractivity (Wildman–Crippen MR) is 125 cm³/mol. The van der Waals surface area contributed by atoms with Gasteiger partial charge in [-0.2, -0.15) is 0 Å². The number of carboxylic acid groups (broad SMARTS) is 1. The average molecular weight is 447 g/mol. The number of fused-ring (bicyclic) bond motifs is 1. The molecular weight excluding hydrogens is 423 g/mol. The van der Waals surface area contributed by atoms with Crippen LogP contribution in [0.3, 0.4) is 0 Å². The number of rotatable bonds is 6. The van der Waals surface area contributed by atoms with Crippen molar-refractivity contribution in [2.75, 3.05) is 0 Å². The maximum atomic E-state index is 13.2. The Morgan fingerprint density at radius 1 is 1.17 bits per heavy atom. The maximum absolute atomic E-state index is 13.2. The van der Waals surface area contributed by atoms with Gasteiger partial charge in [0, 0.05) is 40.8 Å². The van der Waals surface area contributed by atoms with Gasteiger partial charge in [-0.25, -0.2) is 4.79 Å². The van der Waals surface area contributed by atoms with Crippen LogP contribution in [0, 0.1) is 5.92 Å². The van der Waals surface area contributed by atoms with E-state index in [-0.39, 0.29) is 30.4 Å². The zero-order valence-electron chi connectivity index (χ0n) is 16.8. The van der Waals surface area contributed by atoms with Crippen molar-refractivity contribution in [1.29, 1.82) is 0 Å². The second-order valence-electron chi connectivity index (χ2n) is 7.32. The fraction of sp³-hybridized carbons (Fsp3) is 0.217. The molecular formula is C23H24Cl2N2O3. The molecule has 0 fully saturated rings. The summed E-state index contributed by atoms with van der Waals surface area (Å²) in [6.45, 7) is 4.87. The molecule has 0 aliphatic heterocycles. The Bertz CT molecular complexity index is 1150. The van der Waals surface area contributed by atoms with Crippen molar-refractivity contribution < 1.29 is 9.90 Å². The first-order valence-corrected chi connectivity index (χ1v) is 9.76. The summed E-state index contributed by atoms with van der Waals surface area (Å²) in [6.07, 6.45) is 2.59. The van der Waals surface area contributed by atoms with Gasteiger partial charge >= 0.3 is 5.97 Å². The van der Waals surface area contributed by atoms with Crippen molar-refractivity contribution in [2.24, 2.45) is 11.7 Å². The number of hydrogen-bond acceptors (Lipinski definition) is 3. The molecule has 1 aromatic heterocycles. The quantitative estimate of drug-likeness (QED) is 0.524. The number of carbonyl (C=O) groups is 1. The summed E-state index contributed by atoms with van der Waals surface area (Å²) in [5.41, 5.74) is 9.22. The first kappa shape index (κ1) is 23.7. The van der Waals surface area contributed by atoms with Crippen molar-refractivity contribution in [1.82, 2.24) is 4.57 Å². The summed E-state index contributed by atoms with van der Waals surface area (Å²) >= 11 is 6.07. The van der Waals surface area contributed by atoms with E-state index in [9.17, 15) is 9.59 Å². The Balaban J connectivity index is 0.00000320. The summed E-state index contributed by atoms with van der Waals surface area (Å²) < 4.78 is 1.75. The molecule has 3 rings (SSSR count). The first-order valence-electron chi connectivity index (χ1n) is 9.38. The number of hydrogen-bond donors (Lipinski definition) is 2. The highest BCUT2D eigenvalue weighted by molar-refractivity contribution is 6.30. The standard InChI is InChI=1S/C23H23ClN2O3.ClH/c1-14(2)13-26-20(12-25)22(16-5-7-17(24)8-6-16)19-11-15(4-10-21(27)28)3-9-18(19)23(26)29;/h3-11,14H,12-13,25H2,1-2H3,(H,27,28);1H/b10-4+;. The molecule has 0 unspecified atom stereocenters. The monoisotopic (exact) mass is 446 g/mol. The van der Waals surface area contributed by atoms with Crippen LogP contribution < -0.4 is 11.3 Å². The number of pyridine rings is 1. The maximum Gasteiger partial charge on any atom is 0.328 e. The van der Waals surface area contributed by atoms with Crippen LogP contribution in [0.5, 0.6) is 0 Å². The van der Waals surface area contributed by atoms with Gasteiger partial charge in [-0.3, -0.25) is 4.79 Å². The summed E-state index contributed by atoms with van der Waals surface area (Å²) in [5.74, 6) is -0.760. The van der Waals surface area contributed by atoms with Gasteiger partial charge < -0.3 is 15.4 Å². The third kappa shape index (κ3) is 4.93. The molecule has 158 valence electrons. The third-order valence-corrected chi connectivity index (χ3v) is 4.95. The molecule has 0 amide bonds. The Hall–Kier alpha value is -2.60. The summed E-state index contributed by atoms with van der Waals surface area (Å²) in [5, 5.41) is 10.9. The Morgan fingerprint density at radius 2 is 1.83 bits per heavy atom. The minimum atomic E-state index is -1.03. The highest BCUT2D eigenvalue weighted by Crippen LogP contribution is 2.32. The molecule has 0 saturated carbocycles. The van der Waals surface area contributed by atoms with Gasteiger partial charge in [0.15, 0.2) is 0 Å². The van der Waals surface area contributed by atoms with Crippen molar-refractivity contribution in [3.63, 3.8) is 0 Å². The van der Waals surface area contributed by atoms with E-state index in [1.807, 2.05) is 18.2 Å². The highest BCUT2D eigenvalue weighted by atomic mass is 35.5. The molecule has 0 radical (unpaired) electrons. The van der Waals surface area contributed by atoms with E-state index in [1.54, 1.807) is 28.8 Å². The second kappa shape index (κ2) is 9.94. The van der Waals surface area contributed by atoms with Crippen LogP contribution in [0.15, 0.2) is 53.3 Å². The van der Waals surface area contributed by atoms with Gasteiger partial charge in [0.25, 0.3) is 5.56 Å². The lowest BCUT2D eigenvalue weighted by Gasteiger charge is -2.21. The van der Waals surface area contributed by atoms with Gasteiger partial charge in [-0.05, 0) is 52.8 Å². The van der Waals surface area contributed by atoms with E-state index in [1.165, 1.54) is 6.08 Å². The SMILES string of the molecule is CC(C)Cn1c(CN)c(-c2ccc(Cl)cc2)c2cc(/C=C/C(=O)O)ccc2c1=O.Cl. The molecule has 30 heavy (non-hydrogen) atoms. The van der Waals surface area contributed by atoms with Crippen molar-refractivity contribution in [3.8, 4) is 11.1 Å². The first-order chi connectivity index (χ1) is 13.8. The number of nitrogens with two attached hydrogens (primary N) is 1. The van der Waals surface area contributed by atoms with Gasteiger partial charge in [0.1, 0.15) is 0 Å². The molecule has 0 spiro atoms. The van der Waals surface area contributed by atoms with E-state index in [4.69, 9.17) is 22.4 Å². The van der Waals surface area contributed by atoms with Crippen LogP contribution in [0.2, 0.25) is 5.02 Å². The topological polar surface area (TPSA) is 85.3 Å². The number of aromatic nitrogens is 1. The van der Waals surface area contributed by atoms with E-state index in [2.05, 4.69) is 13.8 Å². The summed E-state index contributed by atoms with van der Waals surface area (Å²) in [4.78, 5) is 24.1. The third-order valence-electron chi connectivity index (χ3n) is 4.70. The molecule has 0 saturated heterocycles. The molecule has 0 aliphatic rings. The van der Waals surface area contributed by atoms with Crippen LogP contribution in [0.1, 0.15) is 25.1 Å². The number of aliphatic carboxylic acids is 1. The van der Waals surface area contributed by atoms with E-state index >= 15 is 0 Å². The number of carboxylic acids is 1. The lowest BCUT2D eigenvalue weighted by atomic mass is 9.95. The van der Waals surface area contributed by atoms with Crippen LogP contribution in [-0.4, -0.2) is 15.6 Å². The van der Waals surface area contributed by atoms with Crippen molar-refractivity contribution >= 4 is 46.8 Å². The zero-order valence-corrected chi connectivity index (χ0v) is 18.3. The molecule has 0 bridgehead atoms. The molecule has 3 aromatic rings. The molecule has 5 nitrogen and oxygen atoms in total. The van der Waals surface area contributed by atoms with Gasteiger partial charge in [0.05, 0.1) is 0 Å². The minimum absolute atomic E-state index is 0. The smallest absolute Gasteiger partial charge is 0.328 e. The van der Waals surface area contributed by atoms with Gasteiger partial charge in [-0.15, -0.1) is 12.4 Å². The Labute approximate surface area is 186 Å². The van der Waals surface area contributed by atoms with E-state index in [0.717, 1.165) is 28.3 Å². The normalized spacial score (nSPS) is 11.2.